The van der Waals surface area contributed by atoms with Gasteiger partial charge in [0.2, 0.25) is 0 Å². The van der Waals surface area contributed by atoms with Gasteiger partial charge in [-0.2, -0.15) is 0 Å². The number of nitrogens with one attached hydrogen (secondary N) is 1. The van der Waals surface area contributed by atoms with E-state index in [1.54, 1.807) is 13.1 Å². The van der Waals surface area contributed by atoms with Gasteiger partial charge in [-0.05, 0) is 31.5 Å². The van der Waals surface area contributed by atoms with Crippen molar-refractivity contribution >= 4 is 11.5 Å². The molecule has 0 spiro atoms. The van der Waals surface area contributed by atoms with Crippen molar-refractivity contribution in [1.29, 1.82) is 0 Å². The fraction of sp³-hybridized carbons (Fsp3) is 0.167. The molecule has 0 aromatic heterocycles. The van der Waals surface area contributed by atoms with E-state index in [2.05, 4.69) is 5.32 Å². The molecule has 0 saturated carbocycles. The Balaban J connectivity index is 2.00. The number of carbonyl (C=O) groups excluding carboxylic acids is 1. The minimum atomic E-state index is -0.509. The average molecular weight is 281 g/mol. The zero-order valence-corrected chi connectivity index (χ0v) is 12.2. The van der Waals surface area contributed by atoms with Gasteiger partial charge in [-0.3, -0.25) is 4.79 Å². The SMILES string of the molecule is Cc1ccc(C(=O)/C=C/Nc2cccc(C(C)O)c2)cc1. The number of allylic oxidation sites excluding steroid dienone is 1. The number of carbonyl (C=O) groups is 1. The maximum atomic E-state index is 12.0. The van der Waals surface area contributed by atoms with Crippen LogP contribution in [0, 0.1) is 6.92 Å². The summed E-state index contributed by atoms with van der Waals surface area (Å²) in [6, 6.07) is 14.9. The van der Waals surface area contributed by atoms with Gasteiger partial charge in [-0.15, -0.1) is 0 Å². The Morgan fingerprint density at radius 2 is 1.90 bits per heavy atom. The second-order valence-electron chi connectivity index (χ2n) is 5.01. The molecule has 1 atom stereocenters. The van der Waals surface area contributed by atoms with Crippen LogP contribution in [0.15, 0.2) is 60.8 Å². The number of rotatable bonds is 5. The minimum absolute atomic E-state index is 0.0471. The second kappa shape index (κ2) is 6.86. The molecule has 1 unspecified atom stereocenters. The van der Waals surface area contributed by atoms with Crippen LogP contribution in [0.5, 0.6) is 0 Å². The van der Waals surface area contributed by atoms with E-state index in [1.807, 2.05) is 55.5 Å². The Kier molecular flexibility index (Phi) is 4.90. The number of anilines is 1. The quantitative estimate of drug-likeness (QED) is 0.646. The van der Waals surface area contributed by atoms with Gasteiger partial charge in [0.05, 0.1) is 6.10 Å². The molecule has 0 fully saturated rings. The maximum absolute atomic E-state index is 12.0. The minimum Gasteiger partial charge on any atom is -0.389 e. The van der Waals surface area contributed by atoms with Crippen molar-refractivity contribution in [1.82, 2.24) is 0 Å². The summed E-state index contributed by atoms with van der Waals surface area (Å²) in [5.41, 5.74) is 3.46. The summed E-state index contributed by atoms with van der Waals surface area (Å²) in [7, 11) is 0. The lowest BCUT2D eigenvalue weighted by Crippen LogP contribution is -1.97. The summed E-state index contributed by atoms with van der Waals surface area (Å²) in [5, 5.41) is 12.6. The molecule has 0 radical (unpaired) electrons. The summed E-state index contributed by atoms with van der Waals surface area (Å²) in [6.45, 7) is 3.71. The lowest BCUT2D eigenvalue weighted by Gasteiger charge is -2.07. The van der Waals surface area contributed by atoms with Gasteiger partial charge in [0.25, 0.3) is 0 Å². The number of aliphatic hydroxyl groups is 1. The molecule has 2 rings (SSSR count). The highest BCUT2D eigenvalue weighted by atomic mass is 16.3. The van der Waals surface area contributed by atoms with E-state index in [1.165, 1.54) is 6.08 Å². The van der Waals surface area contributed by atoms with Crippen molar-refractivity contribution in [3.63, 3.8) is 0 Å². The number of hydrogen-bond acceptors (Lipinski definition) is 3. The number of aliphatic hydroxyl groups excluding tert-OH is 1. The Bertz CT molecular complexity index is 643. The van der Waals surface area contributed by atoms with Crippen LogP contribution in [0.1, 0.15) is 34.5 Å². The number of hydrogen-bond donors (Lipinski definition) is 2. The van der Waals surface area contributed by atoms with E-state index < -0.39 is 6.10 Å². The van der Waals surface area contributed by atoms with Crippen LogP contribution >= 0.6 is 0 Å². The van der Waals surface area contributed by atoms with Crippen molar-refractivity contribution < 1.29 is 9.90 Å². The highest BCUT2D eigenvalue weighted by Crippen LogP contribution is 2.17. The molecule has 0 aliphatic carbocycles. The largest absolute Gasteiger partial charge is 0.389 e. The smallest absolute Gasteiger partial charge is 0.187 e. The molecule has 0 amide bonds. The van der Waals surface area contributed by atoms with E-state index in [0.29, 0.717) is 5.56 Å². The van der Waals surface area contributed by atoms with Crippen molar-refractivity contribution in [2.75, 3.05) is 5.32 Å². The third-order valence-corrected chi connectivity index (χ3v) is 3.19. The summed E-state index contributed by atoms with van der Waals surface area (Å²) in [4.78, 5) is 12.0. The van der Waals surface area contributed by atoms with Gasteiger partial charge in [0.15, 0.2) is 5.78 Å². The molecule has 21 heavy (non-hydrogen) atoms. The van der Waals surface area contributed by atoms with Gasteiger partial charge in [0, 0.05) is 23.5 Å². The standard InChI is InChI=1S/C18H19NO2/c1-13-6-8-15(9-7-13)18(21)10-11-19-17-5-3-4-16(12-17)14(2)20/h3-12,14,19-20H,1-2H3/b11-10+. The Morgan fingerprint density at radius 3 is 2.57 bits per heavy atom. The van der Waals surface area contributed by atoms with Crippen molar-refractivity contribution in [3.05, 3.63) is 77.5 Å². The monoisotopic (exact) mass is 281 g/mol. The van der Waals surface area contributed by atoms with Crippen LogP contribution in [0.25, 0.3) is 0 Å². The summed E-state index contributed by atoms with van der Waals surface area (Å²) >= 11 is 0. The first-order chi connectivity index (χ1) is 10.1. The van der Waals surface area contributed by atoms with Crippen LogP contribution in [0.4, 0.5) is 5.69 Å². The molecule has 2 aromatic rings. The normalized spacial score (nSPS) is 12.3. The first-order valence-corrected chi connectivity index (χ1v) is 6.88. The Labute approximate surface area is 124 Å². The first kappa shape index (κ1) is 15.0. The Hall–Kier alpha value is -2.39. The van der Waals surface area contributed by atoms with E-state index in [0.717, 1.165) is 16.8 Å². The highest BCUT2D eigenvalue weighted by Gasteiger charge is 2.02. The van der Waals surface area contributed by atoms with Crippen LogP contribution in [0.3, 0.4) is 0 Å². The van der Waals surface area contributed by atoms with Crippen molar-refractivity contribution in [3.8, 4) is 0 Å². The molecule has 2 N–H and O–H groups in total. The van der Waals surface area contributed by atoms with E-state index in [9.17, 15) is 9.90 Å². The molecule has 0 aliphatic rings. The van der Waals surface area contributed by atoms with Crippen LogP contribution in [0.2, 0.25) is 0 Å². The van der Waals surface area contributed by atoms with Crippen LogP contribution in [-0.2, 0) is 0 Å². The van der Waals surface area contributed by atoms with Crippen LogP contribution in [-0.4, -0.2) is 10.9 Å². The summed E-state index contributed by atoms with van der Waals surface area (Å²) < 4.78 is 0. The number of benzene rings is 2. The second-order valence-corrected chi connectivity index (χ2v) is 5.01. The lowest BCUT2D eigenvalue weighted by atomic mass is 10.1. The molecule has 0 aliphatic heterocycles. The van der Waals surface area contributed by atoms with Gasteiger partial charge in [-0.1, -0.05) is 42.0 Å². The van der Waals surface area contributed by atoms with Crippen molar-refractivity contribution in [2.24, 2.45) is 0 Å². The van der Waals surface area contributed by atoms with Gasteiger partial charge < -0.3 is 10.4 Å². The third kappa shape index (κ3) is 4.29. The molecule has 3 heteroatoms. The van der Waals surface area contributed by atoms with Gasteiger partial charge >= 0.3 is 0 Å². The van der Waals surface area contributed by atoms with Gasteiger partial charge in [0.1, 0.15) is 0 Å². The summed E-state index contributed by atoms with van der Waals surface area (Å²) in [5.74, 6) is -0.0471. The fourth-order valence-electron chi connectivity index (χ4n) is 1.92. The zero-order valence-electron chi connectivity index (χ0n) is 12.2. The molecule has 3 nitrogen and oxygen atoms in total. The molecular formula is C18H19NO2. The average Bonchev–Trinajstić information content (AvgIpc) is 2.48. The molecule has 0 bridgehead atoms. The first-order valence-electron chi connectivity index (χ1n) is 6.88. The third-order valence-electron chi connectivity index (χ3n) is 3.19. The van der Waals surface area contributed by atoms with E-state index >= 15 is 0 Å². The van der Waals surface area contributed by atoms with Crippen LogP contribution < -0.4 is 5.32 Å². The predicted octanol–water partition coefficient (Wildman–Crippen LogP) is 3.86. The molecular weight excluding hydrogens is 262 g/mol. The number of ketones is 1. The molecule has 2 aromatic carbocycles. The topological polar surface area (TPSA) is 49.3 Å². The predicted molar refractivity (Wildman–Crippen MR) is 85.3 cm³/mol. The number of aryl methyl sites for hydroxylation is 1. The highest BCUT2D eigenvalue weighted by molar-refractivity contribution is 6.04. The molecule has 0 heterocycles. The lowest BCUT2D eigenvalue weighted by molar-refractivity contribution is 0.104. The van der Waals surface area contributed by atoms with Gasteiger partial charge in [-0.25, -0.2) is 0 Å². The van der Waals surface area contributed by atoms with E-state index in [4.69, 9.17) is 0 Å². The maximum Gasteiger partial charge on any atom is 0.187 e. The van der Waals surface area contributed by atoms with E-state index in [-0.39, 0.29) is 5.78 Å². The fourth-order valence-corrected chi connectivity index (χ4v) is 1.92. The molecule has 0 saturated heterocycles. The van der Waals surface area contributed by atoms with Crippen molar-refractivity contribution in [2.45, 2.75) is 20.0 Å². The zero-order chi connectivity index (χ0) is 15.2. The molecule has 108 valence electrons. The summed E-state index contributed by atoms with van der Waals surface area (Å²) in [6.07, 6.45) is 2.60. The Morgan fingerprint density at radius 1 is 1.19 bits per heavy atom.